The van der Waals surface area contributed by atoms with Gasteiger partial charge in [0.1, 0.15) is 0 Å². The average Bonchev–Trinajstić information content (AvgIpc) is 3.11. The molecule has 2 rings (SSSR count). The molecule has 0 bridgehead atoms. The number of likely N-dealkylation sites (tertiary alicyclic amines) is 1. The van der Waals surface area contributed by atoms with Gasteiger partial charge in [0.05, 0.1) is 0 Å². The zero-order valence-electron chi connectivity index (χ0n) is 15.3. The fraction of sp³-hybridized carbons (Fsp3) is 0.579. The molecule has 1 aliphatic heterocycles. The number of amides is 1. The SMILES string of the molecule is CCCNC(=O)CCNC(=NC)N1CCC(CSc2ccccc2)C1. The van der Waals surface area contributed by atoms with Crippen LogP contribution in [0.1, 0.15) is 26.2 Å². The predicted octanol–water partition coefficient (Wildman–Crippen LogP) is 2.59. The smallest absolute Gasteiger partial charge is 0.221 e. The molecule has 138 valence electrons. The Hall–Kier alpha value is -1.69. The summed E-state index contributed by atoms with van der Waals surface area (Å²) in [5.74, 6) is 2.83. The van der Waals surface area contributed by atoms with Crippen molar-refractivity contribution in [3.8, 4) is 0 Å². The number of carbonyl (C=O) groups excluding carboxylic acids is 1. The van der Waals surface area contributed by atoms with Gasteiger partial charge in [0.25, 0.3) is 0 Å². The quantitative estimate of drug-likeness (QED) is 0.424. The number of benzene rings is 1. The molecule has 1 heterocycles. The molecule has 1 aromatic rings. The zero-order chi connectivity index (χ0) is 17.9. The number of carbonyl (C=O) groups is 1. The zero-order valence-corrected chi connectivity index (χ0v) is 16.1. The summed E-state index contributed by atoms with van der Waals surface area (Å²) in [6.45, 7) is 5.49. The van der Waals surface area contributed by atoms with Crippen molar-refractivity contribution in [1.29, 1.82) is 0 Å². The van der Waals surface area contributed by atoms with E-state index in [2.05, 4.69) is 57.8 Å². The molecule has 0 aliphatic carbocycles. The van der Waals surface area contributed by atoms with Crippen molar-refractivity contribution < 1.29 is 4.79 Å². The minimum Gasteiger partial charge on any atom is -0.356 e. The largest absolute Gasteiger partial charge is 0.356 e. The minimum atomic E-state index is 0.100. The number of nitrogens with one attached hydrogen (secondary N) is 2. The molecule has 5 nitrogen and oxygen atoms in total. The van der Waals surface area contributed by atoms with Crippen LogP contribution >= 0.6 is 11.8 Å². The van der Waals surface area contributed by atoms with Gasteiger partial charge in [-0.25, -0.2) is 0 Å². The first-order chi connectivity index (χ1) is 12.2. The number of nitrogens with zero attached hydrogens (tertiary/aromatic N) is 2. The molecule has 0 saturated carbocycles. The van der Waals surface area contributed by atoms with E-state index < -0.39 is 0 Å². The third-order valence-electron chi connectivity index (χ3n) is 4.23. The van der Waals surface area contributed by atoms with E-state index in [1.807, 2.05) is 18.8 Å². The molecule has 1 aliphatic rings. The van der Waals surface area contributed by atoms with Crippen LogP contribution in [0, 0.1) is 5.92 Å². The van der Waals surface area contributed by atoms with Gasteiger partial charge >= 0.3 is 0 Å². The Bertz CT molecular complexity index is 550. The fourth-order valence-electron chi connectivity index (χ4n) is 2.86. The summed E-state index contributed by atoms with van der Waals surface area (Å²) >= 11 is 1.93. The van der Waals surface area contributed by atoms with Crippen molar-refractivity contribution >= 4 is 23.6 Å². The number of hydrogen-bond donors (Lipinski definition) is 2. The van der Waals surface area contributed by atoms with Gasteiger partial charge in [0, 0.05) is 50.3 Å². The van der Waals surface area contributed by atoms with Crippen LogP contribution in [0.4, 0.5) is 0 Å². The van der Waals surface area contributed by atoms with E-state index in [0.717, 1.165) is 37.8 Å². The summed E-state index contributed by atoms with van der Waals surface area (Å²) in [6.07, 6.45) is 2.65. The number of guanidine groups is 1. The summed E-state index contributed by atoms with van der Waals surface area (Å²) < 4.78 is 0. The molecule has 1 saturated heterocycles. The highest BCUT2D eigenvalue weighted by atomic mass is 32.2. The summed E-state index contributed by atoms with van der Waals surface area (Å²) in [5, 5.41) is 6.22. The van der Waals surface area contributed by atoms with Gasteiger partial charge in [-0.05, 0) is 30.9 Å². The molecule has 6 heteroatoms. The number of rotatable bonds is 8. The van der Waals surface area contributed by atoms with Gasteiger partial charge in [-0.2, -0.15) is 0 Å². The monoisotopic (exact) mass is 362 g/mol. The van der Waals surface area contributed by atoms with E-state index >= 15 is 0 Å². The maximum Gasteiger partial charge on any atom is 0.221 e. The lowest BCUT2D eigenvalue weighted by Crippen LogP contribution is -2.41. The normalized spacial score (nSPS) is 17.6. The Morgan fingerprint density at radius 1 is 1.28 bits per heavy atom. The Morgan fingerprint density at radius 3 is 2.80 bits per heavy atom. The summed E-state index contributed by atoms with van der Waals surface area (Å²) in [6, 6.07) is 10.6. The maximum absolute atomic E-state index is 11.7. The van der Waals surface area contributed by atoms with Crippen LogP contribution in [0.2, 0.25) is 0 Å². The van der Waals surface area contributed by atoms with Crippen LogP contribution < -0.4 is 10.6 Å². The Kier molecular flexibility index (Phi) is 8.66. The average molecular weight is 363 g/mol. The second-order valence-electron chi connectivity index (χ2n) is 6.30. The van der Waals surface area contributed by atoms with E-state index in [0.29, 0.717) is 18.9 Å². The number of aliphatic imine (C=N–C) groups is 1. The van der Waals surface area contributed by atoms with Crippen LogP contribution in [0.3, 0.4) is 0 Å². The molecule has 0 radical (unpaired) electrons. The van der Waals surface area contributed by atoms with Gasteiger partial charge in [-0.3, -0.25) is 9.79 Å². The third-order valence-corrected chi connectivity index (χ3v) is 5.48. The van der Waals surface area contributed by atoms with Crippen LogP contribution in [0.5, 0.6) is 0 Å². The van der Waals surface area contributed by atoms with Gasteiger partial charge in [0.15, 0.2) is 5.96 Å². The van der Waals surface area contributed by atoms with Crippen LogP contribution in [-0.4, -0.2) is 55.7 Å². The highest BCUT2D eigenvalue weighted by molar-refractivity contribution is 7.99. The van der Waals surface area contributed by atoms with Crippen molar-refractivity contribution in [2.45, 2.75) is 31.1 Å². The molecular weight excluding hydrogens is 332 g/mol. The van der Waals surface area contributed by atoms with E-state index in [9.17, 15) is 4.79 Å². The molecule has 1 atom stereocenters. The first-order valence-electron chi connectivity index (χ1n) is 9.13. The highest BCUT2D eigenvalue weighted by Gasteiger charge is 2.24. The van der Waals surface area contributed by atoms with Crippen molar-refractivity contribution in [1.82, 2.24) is 15.5 Å². The summed E-state index contributed by atoms with van der Waals surface area (Å²) in [5.41, 5.74) is 0. The predicted molar refractivity (Wildman–Crippen MR) is 106 cm³/mol. The molecular formula is C19H30N4OS. The molecule has 1 aromatic carbocycles. The Morgan fingerprint density at radius 2 is 2.08 bits per heavy atom. The van der Waals surface area contributed by atoms with Crippen molar-refractivity contribution in [3.63, 3.8) is 0 Å². The number of hydrogen-bond acceptors (Lipinski definition) is 3. The second-order valence-corrected chi connectivity index (χ2v) is 7.39. The highest BCUT2D eigenvalue weighted by Crippen LogP contribution is 2.25. The van der Waals surface area contributed by atoms with Gasteiger partial charge in [0.2, 0.25) is 5.91 Å². The van der Waals surface area contributed by atoms with E-state index in [1.54, 1.807) is 0 Å². The lowest BCUT2D eigenvalue weighted by Gasteiger charge is -2.21. The molecule has 1 unspecified atom stereocenters. The Balaban J connectivity index is 1.68. The summed E-state index contributed by atoms with van der Waals surface area (Å²) in [4.78, 5) is 19.7. The first-order valence-corrected chi connectivity index (χ1v) is 10.1. The third kappa shape index (κ3) is 6.98. The van der Waals surface area contributed by atoms with Crippen LogP contribution in [-0.2, 0) is 4.79 Å². The van der Waals surface area contributed by atoms with Gasteiger partial charge in [-0.15, -0.1) is 11.8 Å². The maximum atomic E-state index is 11.7. The molecule has 2 N–H and O–H groups in total. The Labute approximate surface area is 155 Å². The van der Waals surface area contributed by atoms with Crippen LogP contribution in [0.25, 0.3) is 0 Å². The molecule has 25 heavy (non-hydrogen) atoms. The number of thioether (sulfide) groups is 1. The van der Waals surface area contributed by atoms with E-state index in [-0.39, 0.29) is 5.91 Å². The molecule has 1 fully saturated rings. The standard InChI is InChI=1S/C19H30N4OS/c1-3-11-21-18(24)9-12-22-19(20-2)23-13-10-16(14-23)15-25-17-7-5-4-6-8-17/h4-8,16H,3,9-15H2,1-2H3,(H,20,22)(H,21,24). The molecule has 0 spiro atoms. The van der Waals surface area contributed by atoms with Crippen molar-refractivity contribution in [2.75, 3.05) is 39.0 Å². The molecule has 0 aromatic heterocycles. The first kappa shape index (κ1) is 19.6. The van der Waals surface area contributed by atoms with E-state index in [4.69, 9.17) is 0 Å². The topological polar surface area (TPSA) is 56.7 Å². The lowest BCUT2D eigenvalue weighted by atomic mass is 10.2. The molecule has 1 amide bonds. The summed E-state index contributed by atoms with van der Waals surface area (Å²) in [7, 11) is 1.81. The van der Waals surface area contributed by atoms with Crippen LogP contribution in [0.15, 0.2) is 40.2 Å². The second kappa shape index (κ2) is 11.0. The van der Waals surface area contributed by atoms with Crippen molar-refractivity contribution in [3.05, 3.63) is 30.3 Å². The fourth-order valence-corrected chi connectivity index (χ4v) is 3.91. The van der Waals surface area contributed by atoms with Gasteiger partial charge in [-0.1, -0.05) is 25.1 Å². The minimum absolute atomic E-state index is 0.100. The van der Waals surface area contributed by atoms with E-state index in [1.165, 1.54) is 11.3 Å². The van der Waals surface area contributed by atoms with Gasteiger partial charge < -0.3 is 15.5 Å². The lowest BCUT2D eigenvalue weighted by molar-refractivity contribution is -0.120. The van der Waals surface area contributed by atoms with Crippen molar-refractivity contribution in [2.24, 2.45) is 10.9 Å².